The lowest BCUT2D eigenvalue weighted by Gasteiger charge is -2.03. The molecular weight excluding hydrogens is 248 g/mol. The second-order valence-corrected chi connectivity index (χ2v) is 3.71. The molecule has 0 aliphatic heterocycles. The summed E-state index contributed by atoms with van der Waals surface area (Å²) in [6.45, 7) is 2.58. The Labute approximate surface area is 109 Å². The molecule has 98 valence electrons. The van der Waals surface area contributed by atoms with Gasteiger partial charge >= 0.3 is 5.97 Å². The maximum absolute atomic E-state index is 11.5. The summed E-state index contributed by atoms with van der Waals surface area (Å²) in [7, 11) is 0. The van der Waals surface area contributed by atoms with Crippen molar-refractivity contribution < 1.29 is 14.3 Å². The molecule has 0 aromatic carbocycles. The minimum Gasteiger partial charge on any atom is -0.452 e. The van der Waals surface area contributed by atoms with Crippen molar-refractivity contribution in [2.75, 3.05) is 6.61 Å². The van der Waals surface area contributed by atoms with Gasteiger partial charge in [0, 0.05) is 11.9 Å². The molecule has 7 nitrogen and oxygen atoms in total. The highest BCUT2D eigenvalue weighted by atomic mass is 16.5. The summed E-state index contributed by atoms with van der Waals surface area (Å²) >= 11 is 0. The molecule has 0 aliphatic carbocycles. The maximum atomic E-state index is 11.5. The first-order valence-corrected chi connectivity index (χ1v) is 5.31. The van der Waals surface area contributed by atoms with Crippen LogP contribution in [0.15, 0.2) is 23.7 Å². The van der Waals surface area contributed by atoms with E-state index in [1.807, 2.05) is 0 Å². The van der Waals surface area contributed by atoms with Crippen LogP contribution in [0.5, 0.6) is 0 Å². The molecule has 1 aromatic rings. The number of rotatable bonds is 4. The molecule has 0 radical (unpaired) electrons. The number of hydrogen-bond acceptors (Lipinski definition) is 7. The lowest BCUT2D eigenvalue weighted by molar-refractivity contribution is -0.118. The first-order chi connectivity index (χ1) is 8.95. The van der Waals surface area contributed by atoms with E-state index in [0.717, 1.165) is 0 Å². The van der Waals surface area contributed by atoms with E-state index in [-0.39, 0.29) is 17.0 Å². The Morgan fingerprint density at radius 2 is 2.11 bits per heavy atom. The molecule has 0 saturated carbocycles. The number of Topliss-reactive ketones (excluding diaryl/α,β-unsaturated/α-hetero) is 1. The highest BCUT2D eigenvalue weighted by molar-refractivity contribution is 6.01. The van der Waals surface area contributed by atoms with Crippen molar-refractivity contribution in [1.29, 1.82) is 5.26 Å². The van der Waals surface area contributed by atoms with Crippen molar-refractivity contribution in [3.05, 3.63) is 35.1 Å². The number of aromatic nitrogens is 2. The molecule has 0 aliphatic rings. The minimum atomic E-state index is -0.784. The summed E-state index contributed by atoms with van der Waals surface area (Å²) in [6.07, 6.45) is 2.65. The number of nitrogens with zero attached hydrogens (tertiary/aromatic N) is 3. The predicted octanol–water partition coefficient (Wildman–Crippen LogP) is 0.267. The molecule has 7 heteroatoms. The van der Waals surface area contributed by atoms with Gasteiger partial charge in [-0.1, -0.05) is 0 Å². The van der Waals surface area contributed by atoms with Crippen LogP contribution in [0.2, 0.25) is 0 Å². The van der Waals surface area contributed by atoms with Crippen LogP contribution < -0.4 is 5.73 Å². The molecule has 19 heavy (non-hydrogen) atoms. The molecule has 0 unspecified atom stereocenters. The minimum absolute atomic E-state index is 0.00893. The molecule has 0 amide bonds. The van der Waals surface area contributed by atoms with Crippen LogP contribution in [-0.4, -0.2) is 28.3 Å². The molecule has 0 fully saturated rings. The number of carbonyl (C=O) groups excluding carboxylic acids is 2. The third-order valence-electron chi connectivity index (χ3n) is 2.11. The summed E-state index contributed by atoms with van der Waals surface area (Å²) in [5, 5.41) is 8.71. The van der Waals surface area contributed by atoms with E-state index in [0.29, 0.717) is 5.69 Å². The summed E-state index contributed by atoms with van der Waals surface area (Å²) in [4.78, 5) is 30.7. The van der Waals surface area contributed by atoms with E-state index in [2.05, 4.69) is 9.97 Å². The van der Waals surface area contributed by atoms with Crippen LogP contribution in [0.25, 0.3) is 0 Å². The van der Waals surface area contributed by atoms with Crippen molar-refractivity contribution in [1.82, 2.24) is 9.97 Å². The van der Waals surface area contributed by atoms with E-state index in [4.69, 9.17) is 15.7 Å². The van der Waals surface area contributed by atoms with Gasteiger partial charge in [-0.2, -0.15) is 5.26 Å². The van der Waals surface area contributed by atoms with Gasteiger partial charge in [0.05, 0.1) is 11.9 Å². The SMILES string of the molecule is C/C(N)=C(\C#N)C(=O)COC(=O)c1cnc(C)cn1. The fourth-order valence-corrected chi connectivity index (χ4v) is 1.15. The standard InChI is InChI=1S/C12H12N4O3/c1-7-4-16-10(5-15-7)12(18)19-6-11(17)9(3-13)8(2)14/h4-5H,6,14H2,1-2H3/b9-8-. The number of ether oxygens (including phenoxy) is 1. The van der Waals surface area contributed by atoms with E-state index >= 15 is 0 Å². The zero-order valence-electron chi connectivity index (χ0n) is 10.5. The number of nitriles is 1. The van der Waals surface area contributed by atoms with Gasteiger partial charge in [0.1, 0.15) is 11.6 Å². The fourth-order valence-electron chi connectivity index (χ4n) is 1.15. The largest absolute Gasteiger partial charge is 0.452 e. The second kappa shape index (κ2) is 6.26. The summed E-state index contributed by atoms with van der Waals surface area (Å²) in [5.41, 5.74) is 5.86. The molecule has 0 spiro atoms. The van der Waals surface area contributed by atoms with Gasteiger partial charge in [0.15, 0.2) is 12.3 Å². The highest BCUT2D eigenvalue weighted by Gasteiger charge is 2.16. The van der Waals surface area contributed by atoms with Crippen LogP contribution in [0, 0.1) is 18.3 Å². The van der Waals surface area contributed by atoms with Crippen molar-refractivity contribution in [2.45, 2.75) is 13.8 Å². The first-order valence-electron chi connectivity index (χ1n) is 5.31. The van der Waals surface area contributed by atoms with Crippen molar-refractivity contribution >= 4 is 11.8 Å². The Morgan fingerprint density at radius 3 is 2.58 bits per heavy atom. The van der Waals surface area contributed by atoms with Gasteiger partial charge in [0.25, 0.3) is 0 Å². The average Bonchev–Trinajstić information content (AvgIpc) is 2.37. The Kier molecular flexibility index (Phi) is 4.71. The maximum Gasteiger partial charge on any atom is 0.358 e. The van der Waals surface area contributed by atoms with Gasteiger partial charge in [-0.05, 0) is 13.8 Å². The Bertz CT molecular complexity index is 566. The molecular formula is C12H12N4O3. The summed E-state index contributed by atoms with van der Waals surface area (Å²) in [6, 6.07) is 1.66. The Balaban J connectivity index is 2.66. The number of carbonyl (C=O) groups is 2. The molecule has 1 heterocycles. The first kappa shape index (κ1) is 14.3. The van der Waals surface area contributed by atoms with Crippen LogP contribution in [0.1, 0.15) is 23.1 Å². The van der Waals surface area contributed by atoms with Crippen molar-refractivity contribution in [3.8, 4) is 6.07 Å². The molecule has 1 aromatic heterocycles. The van der Waals surface area contributed by atoms with Gasteiger partial charge in [-0.15, -0.1) is 0 Å². The van der Waals surface area contributed by atoms with Crippen molar-refractivity contribution in [2.24, 2.45) is 5.73 Å². The molecule has 0 atom stereocenters. The third-order valence-corrected chi connectivity index (χ3v) is 2.11. The predicted molar refractivity (Wildman–Crippen MR) is 64.6 cm³/mol. The zero-order valence-corrected chi connectivity index (χ0v) is 10.5. The zero-order chi connectivity index (χ0) is 14.4. The number of ketones is 1. The molecule has 0 saturated heterocycles. The lowest BCUT2D eigenvalue weighted by Crippen LogP contribution is -2.18. The molecule has 1 rings (SSSR count). The van der Waals surface area contributed by atoms with Crippen LogP contribution in [-0.2, 0) is 9.53 Å². The van der Waals surface area contributed by atoms with Crippen LogP contribution in [0.4, 0.5) is 0 Å². The fraction of sp³-hybridized carbons (Fsp3) is 0.250. The highest BCUT2D eigenvalue weighted by Crippen LogP contribution is 2.02. The number of nitrogens with two attached hydrogens (primary N) is 1. The monoisotopic (exact) mass is 260 g/mol. The number of hydrogen-bond donors (Lipinski definition) is 1. The normalized spacial score (nSPS) is 11.2. The second-order valence-electron chi connectivity index (χ2n) is 3.71. The van der Waals surface area contributed by atoms with E-state index in [1.165, 1.54) is 19.3 Å². The van der Waals surface area contributed by atoms with Gasteiger partial charge < -0.3 is 10.5 Å². The number of esters is 1. The molecule has 0 bridgehead atoms. The van der Waals surface area contributed by atoms with Gasteiger partial charge in [-0.3, -0.25) is 9.78 Å². The quantitative estimate of drug-likeness (QED) is 0.468. The van der Waals surface area contributed by atoms with Crippen LogP contribution in [0.3, 0.4) is 0 Å². The van der Waals surface area contributed by atoms with Gasteiger partial charge in [0.2, 0.25) is 5.78 Å². The Morgan fingerprint density at radius 1 is 1.42 bits per heavy atom. The topological polar surface area (TPSA) is 119 Å². The smallest absolute Gasteiger partial charge is 0.358 e. The third kappa shape index (κ3) is 3.89. The van der Waals surface area contributed by atoms with Crippen molar-refractivity contribution in [3.63, 3.8) is 0 Å². The van der Waals surface area contributed by atoms with E-state index < -0.39 is 18.4 Å². The summed E-state index contributed by atoms with van der Waals surface area (Å²) in [5.74, 6) is -1.44. The average molecular weight is 260 g/mol. The molecule has 2 N–H and O–H groups in total. The van der Waals surface area contributed by atoms with Gasteiger partial charge in [-0.25, -0.2) is 9.78 Å². The van der Waals surface area contributed by atoms with E-state index in [9.17, 15) is 9.59 Å². The number of allylic oxidation sites excluding steroid dienone is 1. The van der Waals surface area contributed by atoms with Crippen LogP contribution >= 0.6 is 0 Å². The Hall–Kier alpha value is -2.75. The van der Waals surface area contributed by atoms with E-state index in [1.54, 1.807) is 13.0 Å². The summed E-state index contributed by atoms with van der Waals surface area (Å²) < 4.78 is 4.73. The lowest BCUT2D eigenvalue weighted by atomic mass is 10.1. The number of aryl methyl sites for hydroxylation is 1.